The molecule has 0 aliphatic carbocycles. The Morgan fingerprint density at radius 3 is 2.58 bits per heavy atom. The zero-order valence-corrected chi connectivity index (χ0v) is 12.5. The van der Waals surface area contributed by atoms with Crippen LogP contribution in [0.5, 0.6) is 0 Å². The van der Waals surface area contributed by atoms with Gasteiger partial charge in [-0.15, -0.1) is 0 Å². The highest BCUT2D eigenvalue weighted by Gasteiger charge is 2.34. The molecule has 2 N–H and O–H groups in total. The molecule has 0 aromatic heterocycles. The van der Waals surface area contributed by atoms with Gasteiger partial charge in [-0.3, -0.25) is 0 Å². The van der Waals surface area contributed by atoms with E-state index in [0.29, 0.717) is 6.54 Å². The van der Waals surface area contributed by atoms with Gasteiger partial charge in [0.2, 0.25) is 0 Å². The highest BCUT2D eigenvalue weighted by atomic mass is 16.6. The van der Waals surface area contributed by atoms with Gasteiger partial charge in [-0.2, -0.15) is 0 Å². The van der Waals surface area contributed by atoms with Gasteiger partial charge in [0.25, 0.3) is 0 Å². The number of amides is 1. The number of carbonyl (C=O) groups excluding carboxylic acids is 1. The van der Waals surface area contributed by atoms with Crippen LogP contribution in [0, 0.1) is 5.41 Å². The van der Waals surface area contributed by atoms with Crippen molar-refractivity contribution < 1.29 is 9.53 Å². The van der Waals surface area contributed by atoms with Crippen molar-refractivity contribution >= 4 is 12.3 Å². The van der Waals surface area contributed by atoms with Crippen LogP contribution in [0.15, 0.2) is 11.3 Å². The fourth-order valence-electron chi connectivity index (χ4n) is 2.23. The maximum absolute atomic E-state index is 12.2. The number of hydrogen-bond acceptors (Lipinski definition) is 4. The van der Waals surface area contributed by atoms with Gasteiger partial charge in [0.15, 0.2) is 0 Å². The van der Waals surface area contributed by atoms with Gasteiger partial charge in [-0.05, 0) is 40.5 Å². The molecule has 1 atom stereocenters. The Morgan fingerprint density at radius 2 is 2.11 bits per heavy atom. The molecule has 1 aliphatic heterocycles. The standard InChI is InChI=1S/C14H25N3O2/c1-10(16-5)11(9-15)12-7-6-8-17(12)13(18)19-14(2,3)4/h9,12,15-16H,6-8H2,1-5H3/b11-10+,15-9?. The maximum Gasteiger partial charge on any atom is 0.410 e. The van der Waals surface area contributed by atoms with Crippen LogP contribution < -0.4 is 5.32 Å². The average Bonchev–Trinajstić information content (AvgIpc) is 2.76. The quantitative estimate of drug-likeness (QED) is 0.772. The third-order valence-corrected chi connectivity index (χ3v) is 3.20. The zero-order valence-electron chi connectivity index (χ0n) is 12.5. The number of nitrogens with one attached hydrogen (secondary N) is 2. The van der Waals surface area contributed by atoms with E-state index in [2.05, 4.69) is 5.32 Å². The highest BCUT2D eigenvalue weighted by molar-refractivity contribution is 5.81. The fraction of sp³-hybridized carbons (Fsp3) is 0.714. The van der Waals surface area contributed by atoms with Crippen LogP contribution in [0.1, 0.15) is 40.5 Å². The molecule has 0 saturated carbocycles. The van der Waals surface area contributed by atoms with Crippen LogP contribution in [-0.4, -0.2) is 42.4 Å². The summed E-state index contributed by atoms with van der Waals surface area (Å²) in [4.78, 5) is 13.9. The number of carbonyl (C=O) groups is 1. The smallest absolute Gasteiger partial charge is 0.410 e. The number of nitrogens with zero attached hydrogens (tertiary/aromatic N) is 1. The molecule has 1 aliphatic rings. The van der Waals surface area contributed by atoms with E-state index in [0.717, 1.165) is 24.1 Å². The van der Waals surface area contributed by atoms with Crippen molar-refractivity contribution in [1.82, 2.24) is 10.2 Å². The lowest BCUT2D eigenvalue weighted by Gasteiger charge is -2.29. The first-order valence-corrected chi connectivity index (χ1v) is 6.68. The first-order chi connectivity index (χ1) is 8.80. The minimum absolute atomic E-state index is 0.0557. The molecular weight excluding hydrogens is 242 g/mol. The van der Waals surface area contributed by atoms with E-state index in [1.54, 1.807) is 4.90 Å². The lowest BCUT2D eigenvalue weighted by Crippen LogP contribution is -2.41. The van der Waals surface area contributed by atoms with Gasteiger partial charge in [-0.1, -0.05) is 0 Å². The summed E-state index contributed by atoms with van der Waals surface area (Å²) in [6.45, 7) is 8.20. The fourth-order valence-corrected chi connectivity index (χ4v) is 2.23. The minimum Gasteiger partial charge on any atom is -0.444 e. The molecule has 1 unspecified atom stereocenters. The second-order valence-corrected chi connectivity index (χ2v) is 5.81. The topological polar surface area (TPSA) is 65.4 Å². The van der Waals surface area contributed by atoms with Gasteiger partial charge >= 0.3 is 6.09 Å². The molecule has 0 aromatic carbocycles. The number of likely N-dealkylation sites (tertiary alicyclic amines) is 1. The molecular formula is C14H25N3O2. The molecule has 0 aromatic rings. The minimum atomic E-state index is -0.489. The van der Waals surface area contributed by atoms with E-state index in [1.165, 1.54) is 6.21 Å². The normalized spacial score (nSPS) is 20.9. The molecule has 1 saturated heterocycles. The predicted octanol–water partition coefficient (Wildman–Crippen LogP) is 2.53. The third kappa shape index (κ3) is 3.98. The molecule has 1 rings (SSSR count). The van der Waals surface area contributed by atoms with Gasteiger partial charge in [0, 0.05) is 31.1 Å². The Hall–Kier alpha value is -1.52. The van der Waals surface area contributed by atoms with Crippen molar-refractivity contribution in [3.63, 3.8) is 0 Å². The number of ether oxygens (including phenoxy) is 1. The second kappa shape index (κ2) is 6.08. The van der Waals surface area contributed by atoms with E-state index in [-0.39, 0.29) is 12.1 Å². The Bertz CT molecular complexity index is 383. The maximum atomic E-state index is 12.2. The van der Waals surface area contributed by atoms with Crippen LogP contribution >= 0.6 is 0 Å². The first kappa shape index (κ1) is 15.5. The van der Waals surface area contributed by atoms with E-state index in [4.69, 9.17) is 10.1 Å². The molecule has 5 heteroatoms. The molecule has 0 radical (unpaired) electrons. The summed E-state index contributed by atoms with van der Waals surface area (Å²) in [5.74, 6) is 0. The first-order valence-electron chi connectivity index (χ1n) is 6.68. The predicted molar refractivity (Wildman–Crippen MR) is 76.5 cm³/mol. The van der Waals surface area contributed by atoms with Crippen LogP contribution in [0.25, 0.3) is 0 Å². The van der Waals surface area contributed by atoms with Crippen LogP contribution in [0.4, 0.5) is 4.79 Å². The number of allylic oxidation sites excluding steroid dienone is 1. The van der Waals surface area contributed by atoms with Crippen LogP contribution in [0.2, 0.25) is 0 Å². The Balaban J connectivity index is 2.90. The summed E-state index contributed by atoms with van der Waals surface area (Å²) >= 11 is 0. The van der Waals surface area contributed by atoms with E-state index < -0.39 is 5.60 Å². The summed E-state index contributed by atoms with van der Waals surface area (Å²) in [6, 6.07) is -0.0557. The van der Waals surface area contributed by atoms with Gasteiger partial charge in [0.1, 0.15) is 5.60 Å². The largest absolute Gasteiger partial charge is 0.444 e. The molecule has 5 nitrogen and oxygen atoms in total. The summed E-state index contributed by atoms with van der Waals surface area (Å²) in [5, 5.41) is 10.6. The average molecular weight is 267 g/mol. The SMILES string of the molecule is CN/C(C)=C(\C=N)C1CCCN1C(=O)OC(C)(C)C. The number of hydrogen-bond donors (Lipinski definition) is 2. The molecule has 1 fully saturated rings. The van der Waals surface area contributed by atoms with E-state index in [9.17, 15) is 4.79 Å². The van der Waals surface area contributed by atoms with Crippen molar-refractivity contribution in [1.29, 1.82) is 5.41 Å². The van der Waals surface area contributed by atoms with Crippen molar-refractivity contribution in [2.75, 3.05) is 13.6 Å². The zero-order chi connectivity index (χ0) is 14.6. The van der Waals surface area contributed by atoms with Crippen molar-refractivity contribution in [2.24, 2.45) is 0 Å². The molecule has 1 heterocycles. The van der Waals surface area contributed by atoms with Gasteiger partial charge < -0.3 is 20.4 Å². The third-order valence-electron chi connectivity index (χ3n) is 3.20. The monoisotopic (exact) mass is 267 g/mol. The number of rotatable bonds is 3. The Labute approximate surface area is 115 Å². The van der Waals surface area contributed by atoms with E-state index in [1.807, 2.05) is 34.7 Å². The summed E-state index contributed by atoms with van der Waals surface area (Å²) in [6.07, 6.45) is 2.86. The van der Waals surface area contributed by atoms with Crippen molar-refractivity contribution in [3.8, 4) is 0 Å². The molecule has 0 spiro atoms. The van der Waals surface area contributed by atoms with Crippen LogP contribution in [-0.2, 0) is 4.74 Å². The van der Waals surface area contributed by atoms with E-state index >= 15 is 0 Å². The highest BCUT2D eigenvalue weighted by Crippen LogP contribution is 2.26. The molecule has 1 amide bonds. The lowest BCUT2D eigenvalue weighted by molar-refractivity contribution is 0.0252. The Morgan fingerprint density at radius 1 is 1.47 bits per heavy atom. The Kier molecular flexibility index (Phi) is 4.97. The van der Waals surface area contributed by atoms with Crippen LogP contribution in [0.3, 0.4) is 0 Å². The summed E-state index contributed by atoms with van der Waals surface area (Å²) in [7, 11) is 1.83. The molecule has 108 valence electrons. The summed E-state index contributed by atoms with van der Waals surface area (Å²) < 4.78 is 5.43. The lowest BCUT2D eigenvalue weighted by atomic mass is 10.0. The van der Waals surface area contributed by atoms with Gasteiger partial charge in [0.05, 0.1) is 6.04 Å². The van der Waals surface area contributed by atoms with Crippen molar-refractivity contribution in [3.05, 3.63) is 11.3 Å². The van der Waals surface area contributed by atoms with Crippen molar-refractivity contribution in [2.45, 2.75) is 52.2 Å². The second-order valence-electron chi connectivity index (χ2n) is 5.81. The van der Waals surface area contributed by atoms with Gasteiger partial charge in [-0.25, -0.2) is 4.79 Å². The summed E-state index contributed by atoms with van der Waals surface area (Å²) in [5.41, 5.74) is 1.29. The molecule has 19 heavy (non-hydrogen) atoms. The molecule has 0 bridgehead atoms.